The summed E-state index contributed by atoms with van der Waals surface area (Å²) >= 11 is 0. The van der Waals surface area contributed by atoms with E-state index in [-0.39, 0.29) is 5.91 Å². The molecule has 2 fully saturated rings. The van der Waals surface area contributed by atoms with Gasteiger partial charge in [0, 0.05) is 19.5 Å². The number of hydrogen-bond acceptors (Lipinski definition) is 4. The van der Waals surface area contributed by atoms with E-state index < -0.39 is 0 Å². The van der Waals surface area contributed by atoms with Crippen LogP contribution in [0, 0.1) is 0 Å². The molecule has 3 heterocycles. The van der Waals surface area contributed by atoms with Crippen molar-refractivity contribution in [2.24, 2.45) is 0 Å². The van der Waals surface area contributed by atoms with Gasteiger partial charge in [0.25, 0.3) is 0 Å². The molecule has 5 heteroatoms. The Balaban J connectivity index is 1.63. The van der Waals surface area contributed by atoms with Gasteiger partial charge in [0.15, 0.2) is 0 Å². The largest absolute Gasteiger partial charge is 0.350 e. The van der Waals surface area contributed by atoms with Crippen LogP contribution < -0.4 is 4.90 Å². The molecule has 4 rings (SSSR count). The van der Waals surface area contributed by atoms with E-state index in [1.807, 2.05) is 37.4 Å². The lowest BCUT2D eigenvalue weighted by Gasteiger charge is -2.35. The van der Waals surface area contributed by atoms with Crippen molar-refractivity contribution in [2.75, 3.05) is 18.0 Å². The van der Waals surface area contributed by atoms with Gasteiger partial charge in [-0.05, 0) is 37.8 Å². The maximum absolute atomic E-state index is 12.3. The molecule has 0 spiro atoms. The molecule has 1 aromatic carbocycles. The highest BCUT2D eigenvalue weighted by Gasteiger charge is 2.39. The van der Waals surface area contributed by atoms with Crippen LogP contribution in [-0.4, -0.2) is 45.9 Å². The average Bonchev–Trinajstić information content (AvgIpc) is 3.29. The zero-order valence-electron chi connectivity index (χ0n) is 14.2. The van der Waals surface area contributed by atoms with Gasteiger partial charge in [-0.3, -0.25) is 9.78 Å². The number of hydrogen-bond donors (Lipinski definition) is 0. The summed E-state index contributed by atoms with van der Waals surface area (Å²) in [7, 11) is 0. The van der Waals surface area contributed by atoms with Crippen LogP contribution in [0.3, 0.4) is 0 Å². The first-order chi connectivity index (χ1) is 11.8. The standard InChI is InChI=1S/C19H24N4O/c1-2-19(24)23-12-6-10-17(23)16-9-5-11-22(16)18-13-20-14-7-3-4-8-15(14)21-18/h3-4,7-8,13,16-17H,2,5-6,9-12H2,1H3/t16-,17+/m0/s1. The fourth-order valence-electron chi connectivity index (χ4n) is 4.27. The summed E-state index contributed by atoms with van der Waals surface area (Å²) in [6, 6.07) is 8.70. The second-order valence-electron chi connectivity index (χ2n) is 6.77. The number of aromatic nitrogens is 2. The molecule has 0 unspecified atom stereocenters. The molecule has 2 atom stereocenters. The third kappa shape index (κ3) is 2.62. The number of fused-ring (bicyclic) bond motifs is 1. The second-order valence-corrected chi connectivity index (χ2v) is 6.77. The number of amides is 1. The van der Waals surface area contributed by atoms with Gasteiger partial charge in [0.2, 0.25) is 5.91 Å². The van der Waals surface area contributed by atoms with Crippen LogP contribution in [0.25, 0.3) is 11.0 Å². The highest BCUT2D eigenvalue weighted by molar-refractivity contribution is 5.77. The van der Waals surface area contributed by atoms with Crippen molar-refractivity contribution in [3.63, 3.8) is 0 Å². The third-order valence-electron chi connectivity index (χ3n) is 5.40. The first kappa shape index (κ1) is 15.4. The van der Waals surface area contributed by atoms with E-state index in [4.69, 9.17) is 4.98 Å². The summed E-state index contributed by atoms with van der Waals surface area (Å²) in [5.74, 6) is 1.24. The maximum Gasteiger partial charge on any atom is 0.222 e. The molecule has 1 aromatic heterocycles. The van der Waals surface area contributed by atoms with Gasteiger partial charge in [-0.15, -0.1) is 0 Å². The summed E-state index contributed by atoms with van der Waals surface area (Å²) in [5.41, 5.74) is 1.87. The van der Waals surface area contributed by atoms with Gasteiger partial charge >= 0.3 is 0 Å². The van der Waals surface area contributed by atoms with E-state index >= 15 is 0 Å². The van der Waals surface area contributed by atoms with Gasteiger partial charge in [-0.2, -0.15) is 0 Å². The SMILES string of the molecule is CCC(=O)N1CCC[C@@H]1[C@@H]1CCCN1c1cnc2ccccc2n1. The Morgan fingerprint density at radius 3 is 2.71 bits per heavy atom. The van der Waals surface area contributed by atoms with Gasteiger partial charge in [0.1, 0.15) is 5.82 Å². The summed E-state index contributed by atoms with van der Waals surface area (Å²) in [6.07, 6.45) is 7.00. The van der Waals surface area contributed by atoms with Crippen molar-refractivity contribution in [2.45, 2.75) is 51.1 Å². The molecule has 5 nitrogen and oxygen atoms in total. The smallest absolute Gasteiger partial charge is 0.222 e. The minimum atomic E-state index is 0.286. The molecule has 0 saturated carbocycles. The Kier molecular flexibility index (Phi) is 4.08. The second kappa shape index (κ2) is 6.38. The minimum Gasteiger partial charge on any atom is -0.350 e. The van der Waals surface area contributed by atoms with Crippen LogP contribution in [-0.2, 0) is 4.79 Å². The van der Waals surface area contributed by atoms with Crippen LogP contribution in [0.5, 0.6) is 0 Å². The molecule has 2 aliphatic rings. The topological polar surface area (TPSA) is 49.3 Å². The minimum absolute atomic E-state index is 0.286. The predicted molar refractivity (Wildman–Crippen MR) is 94.9 cm³/mol. The van der Waals surface area contributed by atoms with E-state index in [9.17, 15) is 4.79 Å². The molecule has 0 aliphatic carbocycles. The summed E-state index contributed by atoms with van der Waals surface area (Å²) in [6.45, 7) is 3.87. The number of likely N-dealkylation sites (tertiary alicyclic amines) is 1. The lowest BCUT2D eigenvalue weighted by atomic mass is 10.0. The molecule has 0 bridgehead atoms. The number of para-hydroxylation sites is 2. The van der Waals surface area contributed by atoms with Gasteiger partial charge in [0.05, 0.1) is 29.3 Å². The zero-order valence-corrected chi connectivity index (χ0v) is 14.2. The lowest BCUT2D eigenvalue weighted by molar-refractivity contribution is -0.132. The predicted octanol–water partition coefficient (Wildman–Crippen LogP) is 3.00. The fourth-order valence-corrected chi connectivity index (χ4v) is 4.27. The van der Waals surface area contributed by atoms with Crippen molar-refractivity contribution in [1.29, 1.82) is 0 Å². The van der Waals surface area contributed by atoms with Gasteiger partial charge < -0.3 is 9.80 Å². The highest BCUT2D eigenvalue weighted by Crippen LogP contribution is 2.33. The van der Waals surface area contributed by atoms with E-state index in [1.54, 1.807) is 0 Å². The van der Waals surface area contributed by atoms with Crippen LogP contribution in [0.1, 0.15) is 39.0 Å². The Labute approximate surface area is 142 Å². The maximum atomic E-state index is 12.3. The number of carbonyl (C=O) groups excluding carboxylic acids is 1. The Hall–Kier alpha value is -2.17. The van der Waals surface area contributed by atoms with Crippen LogP contribution in [0.4, 0.5) is 5.82 Å². The lowest BCUT2D eigenvalue weighted by Crippen LogP contribution is -2.48. The highest BCUT2D eigenvalue weighted by atomic mass is 16.2. The van der Waals surface area contributed by atoms with E-state index in [1.165, 1.54) is 0 Å². The monoisotopic (exact) mass is 324 g/mol. The molecule has 1 amide bonds. The van der Waals surface area contributed by atoms with Crippen molar-refractivity contribution in [3.8, 4) is 0 Å². The normalized spacial score (nSPS) is 24.0. The molecule has 2 aliphatic heterocycles. The van der Waals surface area contributed by atoms with Gasteiger partial charge in [-0.25, -0.2) is 4.98 Å². The number of benzene rings is 1. The average molecular weight is 324 g/mol. The number of nitrogens with zero attached hydrogens (tertiary/aromatic N) is 4. The van der Waals surface area contributed by atoms with E-state index in [2.05, 4.69) is 14.8 Å². The van der Waals surface area contributed by atoms with Crippen LogP contribution >= 0.6 is 0 Å². The van der Waals surface area contributed by atoms with E-state index in [0.29, 0.717) is 18.5 Å². The van der Waals surface area contributed by atoms with Crippen LogP contribution in [0.2, 0.25) is 0 Å². The zero-order chi connectivity index (χ0) is 16.5. The molecule has 126 valence electrons. The first-order valence-corrected chi connectivity index (χ1v) is 9.06. The molecular weight excluding hydrogens is 300 g/mol. The number of anilines is 1. The van der Waals surface area contributed by atoms with Crippen molar-refractivity contribution < 1.29 is 4.79 Å². The molecular formula is C19H24N4O. The fraction of sp³-hybridized carbons (Fsp3) is 0.526. The number of carbonyl (C=O) groups is 1. The van der Waals surface area contributed by atoms with Crippen molar-refractivity contribution >= 4 is 22.8 Å². The molecule has 2 saturated heterocycles. The summed E-state index contributed by atoms with van der Waals surface area (Å²) in [5, 5.41) is 0. The first-order valence-electron chi connectivity index (χ1n) is 9.06. The molecule has 2 aromatic rings. The molecule has 24 heavy (non-hydrogen) atoms. The number of rotatable bonds is 3. The quantitative estimate of drug-likeness (QED) is 0.871. The van der Waals surface area contributed by atoms with Crippen molar-refractivity contribution in [1.82, 2.24) is 14.9 Å². The van der Waals surface area contributed by atoms with Crippen molar-refractivity contribution in [3.05, 3.63) is 30.5 Å². The molecule has 0 radical (unpaired) electrons. The molecule has 0 N–H and O–H groups in total. The summed E-state index contributed by atoms with van der Waals surface area (Å²) in [4.78, 5) is 26.2. The Bertz CT molecular complexity index is 747. The van der Waals surface area contributed by atoms with Crippen LogP contribution in [0.15, 0.2) is 30.5 Å². The van der Waals surface area contributed by atoms with Gasteiger partial charge in [-0.1, -0.05) is 19.1 Å². The Morgan fingerprint density at radius 2 is 1.88 bits per heavy atom. The van der Waals surface area contributed by atoms with E-state index in [0.717, 1.165) is 55.6 Å². The summed E-state index contributed by atoms with van der Waals surface area (Å²) < 4.78 is 0. The third-order valence-corrected chi connectivity index (χ3v) is 5.40. The Morgan fingerprint density at radius 1 is 1.12 bits per heavy atom.